The van der Waals surface area contributed by atoms with Gasteiger partial charge in [-0.2, -0.15) is 4.37 Å². The van der Waals surface area contributed by atoms with Crippen LogP contribution in [-0.4, -0.2) is 29.9 Å². The van der Waals surface area contributed by atoms with E-state index in [0.29, 0.717) is 0 Å². The summed E-state index contributed by atoms with van der Waals surface area (Å²) < 4.78 is 6.91. The zero-order valence-corrected chi connectivity index (χ0v) is 16.2. The standard InChI is InChI=1S/C20H19BrN2S/c1-23(2)13-5-3-4-6-15-7-12-18-19(14-15)24-22-20(18)16-8-10-17(21)11-9-16/h7-12,14H,3,5,13H2,1-2H3. The van der Waals surface area contributed by atoms with Crippen LogP contribution in [0, 0.1) is 11.8 Å². The normalized spacial score (nSPS) is 10.8. The Hall–Kier alpha value is -1.67. The Morgan fingerprint density at radius 3 is 2.67 bits per heavy atom. The largest absolute Gasteiger partial charge is 0.309 e. The van der Waals surface area contributed by atoms with Crippen LogP contribution in [0.25, 0.3) is 21.3 Å². The van der Waals surface area contributed by atoms with Gasteiger partial charge in [0.2, 0.25) is 0 Å². The number of benzene rings is 2. The van der Waals surface area contributed by atoms with Crippen molar-refractivity contribution < 1.29 is 0 Å². The molecule has 0 spiro atoms. The third kappa shape index (κ3) is 4.24. The molecule has 0 aliphatic rings. The van der Waals surface area contributed by atoms with Gasteiger partial charge in [-0.25, -0.2) is 0 Å². The maximum atomic E-state index is 4.64. The summed E-state index contributed by atoms with van der Waals surface area (Å²) in [4.78, 5) is 2.19. The van der Waals surface area contributed by atoms with Gasteiger partial charge in [-0.3, -0.25) is 0 Å². The van der Waals surface area contributed by atoms with Gasteiger partial charge in [0.15, 0.2) is 0 Å². The Kier molecular flexibility index (Phi) is 5.68. The van der Waals surface area contributed by atoms with E-state index >= 15 is 0 Å². The van der Waals surface area contributed by atoms with E-state index in [1.807, 2.05) is 12.1 Å². The molecule has 0 aliphatic heterocycles. The van der Waals surface area contributed by atoms with Crippen molar-refractivity contribution in [3.63, 3.8) is 0 Å². The lowest BCUT2D eigenvalue weighted by Crippen LogP contribution is -2.12. The maximum Gasteiger partial charge on any atom is 0.0919 e. The first-order valence-electron chi connectivity index (χ1n) is 7.92. The fraction of sp³-hybridized carbons (Fsp3) is 0.250. The van der Waals surface area contributed by atoms with Gasteiger partial charge in [0.25, 0.3) is 0 Å². The highest BCUT2D eigenvalue weighted by atomic mass is 79.9. The fourth-order valence-electron chi connectivity index (χ4n) is 2.48. The van der Waals surface area contributed by atoms with Gasteiger partial charge < -0.3 is 4.90 Å². The number of unbranched alkanes of at least 4 members (excludes halogenated alkanes) is 1. The van der Waals surface area contributed by atoms with Gasteiger partial charge in [0.05, 0.1) is 10.4 Å². The molecule has 3 aromatic rings. The molecule has 3 rings (SSSR count). The zero-order valence-electron chi connectivity index (χ0n) is 13.8. The van der Waals surface area contributed by atoms with Crippen LogP contribution in [0.3, 0.4) is 0 Å². The van der Waals surface area contributed by atoms with Crippen molar-refractivity contribution in [2.45, 2.75) is 12.8 Å². The van der Waals surface area contributed by atoms with Crippen LogP contribution in [-0.2, 0) is 0 Å². The molecule has 2 aromatic carbocycles. The molecule has 0 saturated carbocycles. The van der Waals surface area contributed by atoms with Crippen LogP contribution in [0.2, 0.25) is 0 Å². The first-order valence-corrected chi connectivity index (χ1v) is 9.49. The molecule has 0 fully saturated rings. The molecule has 0 N–H and O–H groups in total. The molecular formula is C20H19BrN2S. The number of fused-ring (bicyclic) bond motifs is 1. The van der Waals surface area contributed by atoms with Crippen molar-refractivity contribution >= 4 is 37.5 Å². The lowest BCUT2D eigenvalue weighted by molar-refractivity contribution is 0.403. The summed E-state index contributed by atoms with van der Waals surface area (Å²) in [5.41, 5.74) is 3.26. The van der Waals surface area contributed by atoms with E-state index in [0.717, 1.165) is 40.7 Å². The summed E-state index contributed by atoms with van der Waals surface area (Å²) in [5, 5.41) is 1.19. The topological polar surface area (TPSA) is 16.1 Å². The second-order valence-corrected chi connectivity index (χ2v) is 7.68. The molecule has 0 saturated heterocycles. The molecule has 0 radical (unpaired) electrons. The van der Waals surface area contributed by atoms with Crippen LogP contribution >= 0.6 is 27.5 Å². The lowest BCUT2D eigenvalue weighted by Gasteiger charge is -2.05. The summed E-state index contributed by atoms with van der Waals surface area (Å²) in [6.07, 6.45) is 2.04. The number of hydrogen-bond acceptors (Lipinski definition) is 3. The molecule has 1 aromatic heterocycles. The van der Waals surface area contributed by atoms with Crippen LogP contribution in [0.15, 0.2) is 46.9 Å². The molecule has 0 unspecified atom stereocenters. The van der Waals surface area contributed by atoms with Crippen molar-refractivity contribution in [1.29, 1.82) is 0 Å². The molecule has 0 atom stereocenters. The SMILES string of the molecule is CN(C)CCCC#Cc1ccc2c(-c3ccc(Br)cc3)nsc2c1. The highest BCUT2D eigenvalue weighted by Crippen LogP contribution is 2.31. The molecule has 0 amide bonds. The number of hydrogen-bond donors (Lipinski definition) is 0. The van der Waals surface area contributed by atoms with E-state index in [2.05, 4.69) is 81.5 Å². The predicted molar refractivity (Wildman–Crippen MR) is 107 cm³/mol. The van der Waals surface area contributed by atoms with Crippen molar-refractivity contribution in [2.24, 2.45) is 0 Å². The number of nitrogens with zero attached hydrogens (tertiary/aromatic N) is 2. The first kappa shape index (κ1) is 17.2. The molecule has 122 valence electrons. The van der Waals surface area contributed by atoms with Crippen molar-refractivity contribution in [3.05, 3.63) is 52.5 Å². The van der Waals surface area contributed by atoms with E-state index in [4.69, 9.17) is 0 Å². The minimum atomic E-state index is 0.934. The summed E-state index contributed by atoms with van der Waals surface area (Å²) in [5.74, 6) is 6.54. The van der Waals surface area contributed by atoms with Crippen molar-refractivity contribution in [1.82, 2.24) is 9.27 Å². The van der Waals surface area contributed by atoms with Gasteiger partial charge >= 0.3 is 0 Å². The zero-order chi connectivity index (χ0) is 16.9. The minimum Gasteiger partial charge on any atom is -0.309 e. The Labute approximate surface area is 155 Å². The maximum absolute atomic E-state index is 4.64. The average molecular weight is 399 g/mol. The van der Waals surface area contributed by atoms with Crippen LogP contribution in [0.1, 0.15) is 18.4 Å². The lowest BCUT2D eigenvalue weighted by atomic mass is 10.1. The first-order chi connectivity index (χ1) is 11.6. The molecule has 24 heavy (non-hydrogen) atoms. The van der Waals surface area contributed by atoms with Crippen LogP contribution in [0.4, 0.5) is 0 Å². The van der Waals surface area contributed by atoms with Gasteiger partial charge in [-0.1, -0.05) is 46.0 Å². The molecule has 2 nitrogen and oxygen atoms in total. The highest BCUT2D eigenvalue weighted by molar-refractivity contribution is 9.10. The molecule has 0 aliphatic carbocycles. The summed E-state index contributed by atoms with van der Waals surface area (Å²) in [7, 11) is 4.18. The molecule has 4 heteroatoms. The smallest absolute Gasteiger partial charge is 0.0919 e. The predicted octanol–water partition coefficient (Wildman–Crippen LogP) is 5.42. The average Bonchev–Trinajstić information content (AvgIpc) is 2.98. The van der Waals surface area contributed by atoms with Gasteiger partial charge in [0.1, 0.15) is 0 Å². The quantitative estimate of drug-likeness (QED) is 0.430. The van der Waals surface area contributed by atoms with Crippen molar-refractivity contribution in [2.75, 3.05) is 20.6 Å². The van der Waals surface area contributed by atoms with Crippen LogP contribution < -0.4 is 0 Å². The van der Waals surface area contributed by atoms with Crippen molar-refractivity contribution in [3.8, 4) is 23.1 Å². The number of aromatic nitrogens is 1. The Balaban J connectivity index is 1.78. The monoisotopic (exact) mass is 398 g/mol. The van der Waals surface area contributed by atoms with E-state index in [-0.39, 0.29) is 0 Å². The number of rotatable bonds is 4. The Morgan fingerprint density at radius 1 is 1.12 bits per heavy atom. The summed E-state index contributed by atoms with van der Waals surface area (Å²) in [6.45, 7) is 1.08. The fourth-order valence-corrected chi connectivity index (χ4v) is 3.58. The minimum absolute atomic E-state index is 0.934. The second-order valence-electron chi connectivity index (χ2n) is 5.96. The second kappa shape index (κ2) is 7.94. The third-order valence-corrected chi connectivity index (χ3v) is 5.07. The van der Waals surface area contributed by atoms with E-state index in [9.17, 15) is 0 Å². The Morgan fingerprint density at radius 2 is 1.92 bits per heavy atom. The molecular weight excluding hydrogens is 380 g/mol. The van der Waals surface area contributed by atoms with E-state index < -0.39 is 0 Å². The van der Waals surface area contributed by atoms with Gasteiger partial charge in [0, 0.05) is 27.4 Å². The van der Waals surface area contributed by atoms with Gasteiger partial charge in [-0.05, 0) is 62.9 Å². The highest BCUT2D eigenvalue weighted by Gasteiger charge is 2.08. The number of halogens is 1. The van der Waals surface area contributed by atoms with E-state index in [1.165, 1.54) is 21.6 Å². The van der Waals surface area contributed by atoms with Gasteiger partial charge in [-0.15, -0.1) is 0 Å². The van der Waals surface area contributed by atoms with Crippen LogP contribution in [0.5, 0.6) is 0 Å². The molecule has 1 heterocycles. The Bertz CT molecular complexity index is 885. The molecule has 0 bridgehead atoms. The van der Waals surface area contributed by atoms with E-state index in [1.54, 1.807) is 0 Å². The third-order valence-electron chi connectivity index (χ3n) is 3.73. The summed E-state index contributed by atoms with van der Waals surface area (Å²) >= 11 is 5.01. The summed E-state index contributed by atoms with van der Waals surface area (Å²) in [6, 6.07) is 14.7.